The quantitative estimate of drug-likeness (QED) is 0.670. The third kappa shape index (κ3) is 4.32. The molecular weight excluding hydrogens is 393 g/mol. The molecule has 0 radical (unpaired) electrons. The van der Waals surface area contributed by atoms with Crippen LogP contribution >= 0.6 is 23.2 Å². The summed E-state index contributed by atoms with van der Waals surface area (Å²) in [7, 11) is 1.81. The number of halogens is 2. The van der Waals surface area contributed by atoms with Crippen molar-refractivity contribution in [1.29, 1.82) is 0 Å². The highest BCUT2D eigenvalue weighted by molar-refractivity contribution is 6.30. The number of nitrogens with zero attached hydrogens (tertiary/aromatic N) is 3. The van der Waals surface area contributed by atoms with Gasteiger partial charge in [-0.05, 0) is 30.5 Å². The molecule has 2 unspecified atom stereocenters. The number of pyridine rings is 1. The van der Waals surface area contributed by atoms with Crippen LogP contribution in [0.4, 0.5) is 17.2 Å². The Bertz CT molecular complexity index is 809. The number of hydrogen-bond donors (Lipinski definition) is 2. The first-order valence-electron chi connectivity index (χ1n) is 9.71. The van der Waals surface area contributed by atoms with E-state index in [9.17, 15) is 0 Å². The fraction of sp³-hybridized carbons (Fsp3) is 0.476. The van der Waals surface area contributed by atoms with Crippen molar-refractivity contribution in [2.75, 3.05) is 42.6 Å². The number of hydrogen-bond acceptors (Lipinski definition) is 5. The first-order valence-corrected chi connectivity index (χ1v) is 10.5. The second kappa shape index (κ2) is 8.76. The van der Waals surface area contributed by atoms with Crippen molar-refractivity contribution in [3.05, 3.63) is 46.1 Å². The van der Waals surface area contributed by atoms with Crippen LogP contribution in [0.3, 0.4) is 0 Å². The summed E-state index contributed by atoms with van der Waals surface area (Å²) in [6, 6.07) is 10.8. The van der Waals surface area contributed by atoms with Crippen LogP contribution in [0.25, 0.3) is 0 Å². The summed E-state index contributed by atoms with van der Waals surface area (Å²) in [5.41, 5.74) is 9.25. The summed E-state index contributed by atoms with van der Waals surface area (Å²) in [6.45, 7) is 9.56. The molecule has 0 saturated carbocycles. The van der Waals surface area contributed by atoms with E-state index in [1.165, 1.54) is 5.56 Å². The summed E-state index contributed by atoms with van der Waals surface area (Å²) in [4.78, 5) is 9.16. The molecular formula is C21H29Cl2N5. The Morgan fingerprint density at radius 1 is 1.18 bits per heavy atom. The van der Waals surface area contributed by atoms with Gasteiger partial charge in [0.15, 0.2) is 5.82 Å². The van der Waals surface area contributed by atoms with Gasteiger partial charge in [0.05, 0.1) is 11.4 Å². The maximum atomic E-state index is 6.35. The number of aromatic nitrogens is 1. The number of piperazine rings is 1. The standard InChI is InChI=1S/C21H29Cl2N5/c1-13(2)20(15-5-7-16(22)8-6-15)27-9-10-28(14(3)12-27)17-11-18(23)26-21(25-4)19(17)24/h5-8,11,13-14,20H,9-10,12,24H2,1-4H3,(H,25,26). The molecule has 0 amide bonds. The lowest BCUT2D eigenvalue weighted by molar-refractivity contribution is 0.130. The monoisotopic (exact) mass is 421 g/mol. The first-order chi connectivity index (χ1) is 13.3. The van der Waals surface area contributed by atoms with Gasteiger partial charge in [-0.1, -0.05) is 49.2 Å². The molecule has 1 saturated heterocycles. The van der Waals surface area contributed by atoms with Gasteiger partial charge in [0.25, 0.3) is 0 Å². The summed E-state index contributed by atoms with van der Waals surface area (Å²) < 4.78 is 0. The molecule has 2 aromatic rings. The Hall–Kier alpha value is -1.69. The van der Waals surface area contributed by atoms with Crippen molar-refractivity contribution in [1.82, 2.24) is 9.88 Å². The van der Waals surface area contributed by atoms with Crippen LogP contribution in [0.2, 0.25) is 10.2 Å². The number of benzene rings is 1. The van der Waals surface area contributed by atoms with Gasteiger partial charge >= 0.3 is 0 Å². The zero-order valence-corrected chi connectivity index (χ0v) is 18.4. The highest BCUT2D eigenvalue weighted by Crippen LogP contribution is 2.36. The van der Waals surface area contributed by atoms with Gasteiger partial charge in [-0.15, -0.1) is 0 Å². The van der Waals surface area contributed by atoms with Gasteiger partial charge in [0.2, 0.25) is 0 Å². The molecule has 1 aromatic carbocycles. The molecule has 1 fully saturated rings. The van der Waals surface area contributed by atoms with Crippen molar-refractivity contribution < 1.29 is 0 Å². The fourth-order valence-electron chi connectivity index (χ4n) is 4.21. The number of nitrogen functional groups attached to an aromatic ring is 1. The average molecular weight is 422 g/mol. The lowest BCUT2D eigenvalue weighted by atomic mass is 9.93. The van der Waals surface area contributed by atoms with E-state index >= 15 is 0 Å². The summed E-state index contributed by atoms with van der Waals surface area (Å²) >= 11 is 12.3. The predicted octanol–water partition coefficient (Wildman–Crippen LogP) is 4.92. The van der Waals surface area contributed by atoms with E-state index in [1.54, 1.807) is 7.05 Å². The largest absolute Gasteiger partial charge is 0.394 e. The van der Waals surface area contributed by atoms with E-state index in [2.05, 4.69) is 53.0 Å². The van der Waals surface area contributed by atoms with Crippen molar-refractivity contribution in [3.63, 3.8) is 0 Å². The van der Waals surface area contributed by atoms with Crippen LogP contribution in [0.15, 0.2) is 30.3 Å². The second-order valence-corrected chi connectivity index (χ2v) is 8.58. The molecule has 3 rings (SSSR count). The zero-order valence-electron chi connectivity index (χ0n) is 16.9. The molecule has 7 heteroatoms. The van der Waals surface area contributed by atoms with Gasteiger partial charge in [0, 0.05) is 49.9 Å². The Morgan fingerprint density at radius 2 is 1.86 bits per heavy atom. The molecule has 5 nitrogen and oxygen atoms in total. The van der Waals surface area contributed by atoms with Crippen LogP contribution < -0.4 is 16.0 Å². The van der Waals surface area contributed by atoms with Crippen LogP contribution in [-0.2, 0) is 0 Å². The number of nitrogens with two attached hydrogens (primary N) is 1. The SMILES string of the molecule is CNc1nc(Cl)cc(N2CCN(C(c3ccc(Cl)cc3)C(C)C)CC2C)c1N. The van der Waals surface area contributed by atoms with Crippen molar-refractivity contribution in [3.8, 4) is 0 Å². The van der Waals surface area contributed by atoms with E-state index in [4.69, 9.17) is 28.9 Å². The molecule has 0 spiro atoms. The Labute approximate surface area is 177 Å². The van der Waals surface area contributed by atoms with Crippen molar-refractivity contribution in [2.45, 2.75) is 32.9 Å². The van der Waals surface area contributed by atoms with Gasteiger partial charge in [-0.3, -0.25) is 4.90 Å². The lowest BCUT2D eigenvalue weighted by Gasteiger charge is -2.46. The van der Waals surface area contributed by atoms with Crippen LogP contribution in [0, 0.1) is 5.92 Å². The molecule has 3 N–H and O–H groups in total. The van der Waals surface area contributed by atoms with Crippen LogP contribution in [0.1, 0.15) is 32.4 Å². The third-order valence-corrected chi connectivity index (χ3v) is 5.89. The first kappa shape index (κ1) is 21.0. The molecule has 1 aromatic heterocycles. The molecule has 0 bridgehead atoms. The van der Waals surface area contributed by atoms with Gasteiger partial charge in [-0.2, -0.15) is 0 Å². The maximum absolute atomic E-state index is 6.35. The normalized spacial score (nSPS) is 19.1. The van der Waals surface area contributed by atoms with E-state index in [0.29, 0.717) is 34.7 Å². The van der Waals surface area contributed by atoms with E-state index in [1.807, 2.05) is 18.2 Å². The Morgan fingerprint density at radius 3 is 2.43 bits per heavy atom. The maximum Gasteiger partial charge on any atom is 0.152 e. The van der Waals surface area contributed by atoms with Crippen molar-refractivity contribution in [2.24, 2.45) is 5.92 Å². The van der Waals surface area contributed by atoms with Crippen molar-refractivity contribution >= 4 is 40.4 Å². The minimum absolute atomic E-state index is 0.299. The predicted molar refractivity (Wildman–Crippen MR) is 121 cm³/mol. The highest BCUT2D eigenvalue weighted by Gasteiger charge is 2.32. The number of rotatable bonds is 5. The molecule has 2 atom stereocenters. The molecule has 28 heavy (non-hydrogen) atoms. The number of anilines is 3. The van der Waals surface area contributed by atoms with Gasteiger partial charge in [0.1, 0.15) is 5.15 Å². The fourth-order valence-corrected chi connectivity index (χ4v) is 4.53. The molecule has 0 aliphatic carbocycles. The van der Waals surface area contributed by atoms with Crippen LogP contribution in [-0.4, -0.2) is 42.6 Å². The van der Waals surface area contributed by atoms with Gasteiger partial charge in [-0.25, -0.2) is 4.98 Å². The third-order valence-electron chi connectivity index (χ3n) is 5.45. The highest BCUT2D eigenvalue weighted by atomic mass is 35.5. The van der Waals surface area contributed by atoms with Crippen LogP contribution in [0.5, 0.6) is 0 Å². The number of nitrogens with one attached hydrogen (secondary N) is 1. The summed E-state index contributed by atoms with van der Waals surface area (Å²) in [5.74, 6) is 1.12. The van der Waals surface area contributed by atoms with E-state index in [-0.39, 0.29) is 0 Å². The zero-order chi connectivity index (χ0) is 20.4. The topological polar surface area (TPSA) is 57.4 Å². The molecule has 2 heterocycles. The average Bonchev–Trinajstić information content (AvgIpc) is 2.65. The second-order valence-electron chi connectivity index (χ2n) is 7.75. The smallest absolute Gasteiger partial charge is 0.152 e. The molecule has 1 aliphatic rings. The Balaban J connectivity index is 1.83. The summed E-state index contributed by atoms with van der Waals surface area (Å²) in [5, 5.41) is 4.25. The minimum Gasteiger partial charge on any atom is -0.394 e. The Kier molecular flexibility index (Phi) is 6.58. The molecule has 1 aliphatic heterocycles. The van der Waals surface area contributed by atoms with Gasteiger partial charge < -0.3 is 16.0 Å². The summed E-state index contributed by atoms with van der Waals surface area (Å²) in [6.07, 6.45) is 0. The van der Waals surface area contributed by atoms with E-state index < -0.39 is 0 Å². The minimum atomic E-state index is 0.299. The molecule has 152 valence electrons. The van der Waals surface area contributed by atoms with E-state index in [0.717, 1.165) is 30.3 Å². The lowest BCUT2D eigenvalue weighted by Crippen LogP contribution is -2.53.